The highest BCUT2D eigenvalue weighted by Gasteiger charge is 2.12. The van der Waals surface area contributed by atoms with E-state index < -0.39 is 0 Å². The Kier molecular flexibility index (Phi) is 3.11. The van der Waals surface area contributed by atoms with Crippen molar-refractivity contribution >= 4 is 33.4 Å². The maximum atomic E-state index is 4.06. The fourth-order valence-electron chi connectivity index (χ4n) is 1.43. The van der Waals surface area contributed by atoms with Gasteiger partial charge in [-0.05, 0) is 22.0 Å². The van der Waals surface area contributed by atoms with Gasteiger partial charge in [0.05, 0.1) is 10.2 Å². The number of pyridine rings is 1. The Morgan fingerprint density at radius 1 is 1.38 bits per heavy atom. The van der Waals surface area contributed by atoms with Crippen LogP contribution in [0, 0.1) is 0 Å². The van der Waals surface area contributed by atoms with Crippen LogP contribution >= 0.6 is 27.7 Å². The zero-order valence-electron chi connectivity index (χ0n) is 7.24. The summed E-state index contributed by atoms with van der Waals surface area (Å²) in [6.07, 6.45) is 3.71. The third kappa shape index (κ3) is 2.17. The highest BCUT2D eigenvalue weighted by molar-refractivity contribution is 9.10. The van der Waals surface area contributed by atoms with Crippen LogP contribution in [0.2, 0.25) is 0 Å². The zero-order valence-corrected chi connectivity index (χ0v) is 9.64. The molecule has 0 aliphatic carbocycles. The van der Waals surface area contributed by atoms with Crippen LogP contribution in [0.5, 0.6) is 0 Å². The first-order chi connectivity index (χ1) is 6.38. The van der Waals surface area contributed by atoms with Crippen molar-refractivity contribution in [1.29, 1.82) is 0 Å². The van der Waals surface area contributed by atoms with Crippen LogP contribution in [0.3, 0.4) is 0 Å². The predicted molar refractivity (Wildman–Crippen MR) is 61.5 cm³/mol. The minimum atomic E-state index is 1.10. The average molecular weight is 259 g/mol. The first-order valence-electron chi connectivity index (χ1n) is 4.30. The van der Waals surface area contributed by atoms with Gasteiger partial charge in [-0.15, -0.1) is 0 Å². The Morgan fingerprint density at radius 2 is 2.15 bits per heavy atom. The molecular weight excluding hydrogens is 248 g/mol. The molecule has 0 aromatic carbocycles. The molecule has 0 amide bonds. The summed E-state index contributed by atoms with van der Waals surface area (Å²) in [5, 5.41) is 0. The monoisotopic (exact) mass is 258 g/mol. The lowest BCUT2D eigenvalue weighted by molar-refractivity contribution is 0.854. The van der Waals surface area contributed by atoms with Gasteiger partial charge in [-0.3, -0.25) is 4.98 Å². The molecule has 0 bridgehead atoms. The molecule has 1 aromatic rings. The van der Waals surface area contributed by atoms with Crippen molar-refractivity contribution in [2.45, 2.75) is 0 Å². The molecule has 2 rings (SSSR count). The minimum Gasteiger partial charge on any atom is -0.369 e. The first kappa shape index (κ1) is 9.34. The van der Waals surface area contributed by atoms with E-state index in [2.05, 4.69) is 31.9 Å². The molecule has 0 unspecified atom stereocenters. The molecule has 13 heavy (non-hydrogen) atoms. The summed E-state index contributed by atoms with van der Waals surface area (Å²) in [6.45, 7) is 2.29. The van der Waals surface area contributed by atoms with Crippen LogP contribution in [-0.4, -0.2) is 29.6 Å². The highest BCUT2D eigenvalue weighted by atomic mass is 79.9. The molecule has 0 spiro atoms. The Bertz CT molecular complexity index is 287. The number of thioether (sulfide) groups is 1. The second kappa shape index (κ2) is 4.33. The van der Waals surface area contributed by atoms with E-state index in [1.165, 1.54) is 17.2 Å². The van der Waals surface area contributed by atoms with Crippen LogP contribution in [0.4, 0.5) is 5.69 Å². The van der Waals surface area contributed by atoms with Gasteiger partial charge in [0, 0.05) is 37.0 Å². The van der Waals surface area contributed by atoms with E-state index in [0.717, 1.165) is 17.6 Å². The van der Waals surface area contributed by atoms with Crippen LogP contribution in [-0.2, 0) is 0 Å². The molecule has 0 N–H and O–H groups in total. The number of nitrogens with zero attached hydrogens (tertiary/aromatic N) is 2. The van der Waals surface area contributed by atoms with E-state index in [4.69, 9.17) is 0 Å². The van der Waals surface area contributed by atoms with Gasteiger partial charge < -0.3 is 4.90 Å². The molecule has 0 radical (unpaired) electrons. The molecule has 1 aromatic heterocycles. The Labute approximate surface area is 90.9 Å². The summed E-state index contributed by atoms with van der Waals surface area (Å²) < 4.78 is 1.10. The average Bonchev–Trinajstić information content (AvgIpc) is 2.20. The highest BCUT2D eigenvalue weighted by Crippen LogP contribution is 2.26. The molecule has 0 saturated carbocycles. The second-order valence-corrected chi connectivity index (χ2v) is 5.01. The third-order valence-electron chi connectivity index (χ3n) is 2.10. The Balaban J connectivity index is 2.18. The summed E-state index contributed by atoms with van der Waals surface area (Å²) in [7, 11) is 0. The molecule has 4 heteroatoms. The quantitative estimate of drug-likeness (QED) is 0.770. The maximum Gasteiger partial charge on any atom is 0.0592 e. The molecule has 1 saturated heterocycles. The molecular formula is C9H11BrN2S. The topological polar surface area (TPSA) is 16.1 Å². The second-order valence-electron chi connectivity index (χ2n) is 2.93. The third-order valence-corrected chi connectivity index (χ3v) is 3.66. The van der Waals surface area contributed by atoms with Crippen LogP contribution < -0.4 is 4.90 Å². The van der Waals surface area contributed by atoms with Crippen molar-refractivity contribution in [3.63, 3.8) is 0 Å². The fourth-order valence-corrected chi connectivity index (χ4v) is 2.83. The van der Waals surface area contributed by atoms with Crippen molar-refractivity contribution in [3.8, 4) is 0 Å². The van der Waals surface area contributed by atoms with E-state index >= 15 is 0 Å². The van der Waals surface area contributed by atoms with E-state index in [0.29, 0.717) is 0 Å². The van der Waals surface area contributed by atoms with E-state index in [9.17, 15) is 0 Å². The van der Waals surface area contributed by atoms with Crippen molar-refractivity contribution in [1.82, 2.24) is 4.98 Å². The van der Waals surface area contributed by atoms with Gasteiger partial charge in [0.15, 0.2) is 0 Å². The van der Waals surface area contributed by atoms with Crippen LogP contribution in [0.15, 0.2) is 22.9 Å². The standard InChI is InChI=1S/C9H11BrN2S/c10-8-7-11-2-1-9(8)12-3-5-13-6-4-12/h1-2,7H,3-6H2. The van der Waals surface area contributed by atoms with Gasteiger partial charge in [-0.2, -0.15) is 11.8 Å². The molecule has 1 aliphatic heterocycles. The first-order valence-corrected chi connectivity index (χ1v) is 6.25. The molecule has 0 atom stereocenters. The van der Waals surface area contributed by atoms with E-state index in [-0.39, 0.29) is 0 Å². The maximum absolute atomic E-state index is 4.06. The van der Waals surface area contributed by atoms with Gasteiger partial charge in [-0.25, -0.2) is 0 Å². The van der Waals surface area contributed by atoms with Gasteiger partial charge in [0.2, 0.25) is 0 Å². The molecule has 2 nitrogen and oxygen atoms in total. The number of hydrogen-bond acceptors (Lipinski definition) is 3. The van der Waals surface area contributed by atoms with Crippen molar-refractivity contribution in [3.05, 3.63) is 22.9 Å². The SMILES string of the molecule is Brc1cnccc1N1CCSCC1. The minimum absolute atomic E-state index is 1.10. The van der Waals surface area contributed by atoms with E-state index in [1.807, 2.05) is 24.2 Å². The lowest BCUT2D eigenvalue weighted by Crippen LogP contribution is -2.32. The van der Waals surface area contributed by atoms with Crippen molar-refractivity contribution in [2.24, 2.45) is 0 Å². The smallest absolute Gasteiger partial charge is 0.0592 e. The fraction of sp³-hybridized carbons (Fsp3) is 0.444. The number of rotatable bonds is 1. The lowest BCUT2D eigenvalue weighted by atomic mass is 10.3. The predicted octanol–water partition coefficient (Wildman–Crippen LogP) is 2.40. The number of hydrogen-bond donors (Lipinski definition) is 0. The molecule has 1 aliphatic rings. The van der Waals surface area contributed by atoms with Crippen molar-refractivity contribution < 1.29 is 0 Å². The summed E-state index contributed by atoms with van der Waals surface area (Å²) in [4.78, 5) is 6.47. The number of aromatic nitrogens is 1. The van der Waals surface area contributed by atoms with Gasteiger partial charge >= 0.3 is 0 Å². The largest absolute Gasteiger partial charge is 0.369 e. The van der Waals surface area contributed by atoms with Crippen LogP contribution in [0.1, 0.15) is 0 Å². The zero-order chi connectivity index (χ0) is 9.10. The van der Waals surface area contributed by atoms with Crippen LogP contribution in [0.25, 0.3) is 0 Å². The molecule has 2 heterocycles. The van der Waals surface area contributed by atoms with Gasteiger partial charge in [-0.1, -0.05) is 0 Å². The van der Waals surface area contributed by atoms with Gasteiger partial charge in [0.25, 0.3) is 0 Å². The molecule has 70 valence electrons. The summed E-state index contributed by atoms with van der Waals surface area (Å²) in [5.74, 6) is 2.46. The molecule has 1 fully saturated rings. The normalized spacial score (nSPS) is 17.5. The summed E-state index contributed by atoms with van der Waals surface area (Å²) in [6, 6.07) is 2.07. The lowest BCUT2D eigenvalue weighted by Gasteiger charge is -2.29. The number of halogens is 1. The van der Waals surface area contributed by atoms with Gasteiger partial charge in [0.1, 0.15) is 0 Å². The summed E-state index contributed by atoms with van der Waals surface area (Å²) >= 11 is 5.55. The van der Waals surface area contributed by atoms with Crippen molar-refractivity contribution in [2.75, 3.05) is 29.5 Å². The Hall–Kier alpha value is -0.220. The van der Waals surface area contributed by atoms with E-state index in [1.54, 1.807) is 0 Å². The summed E-state index contributed by atoms with van der Waals surface area (Å²) in [5.41, 5.74) is 1.27. The number of anilines is 1. The Morgan fingerprint density at radius 3 is 2.85 bits per heavy atom.